The summed E-state index contributed by atoms with van der Waals surface area (Å²) in [5.74, 6) is 0.712. The van der Waals surface area contributed by atoms with Crippen LogP contribution in [-0.2, 0) is 16.0 Å². The number of fused-ring (bicyclic) bond motifs is 1. The molecule has 0 radical (unpaired) electrons. The minimum Gasteiger partial charge on any atom is -0.323 e. The average molecular weight is 218 g/mol. The number of aryl methyl sites for hydroxylation is 1. The smallest absolute Gasteiger partial charge is 0.259 e. The van der Waals surface area contributed by atoms with Gasteiger partial charge in [-0.2, -0.15) is 0 Å². The van der Waals surface area contributed by atoms with Crippen LogP contribution in [0.5, 0.6) is 0 Å². The summed E-state index contributed by atoms with van der Waals surface area (Å²) in [6.07, 6.45) is 5.96. The van der Waals surface area contributed by atoms with E-state index in [2.05, 4.69) is 10.4 Å². The molecule has 3 rings (SSSR count). The van der Waals surface area contributed by atoms with Crippen molar-refractivity contribution in [3.05, 3.63) is 24.2 Å². The molecule has 0 spiro atoms. The van der Waals surface area contributed by atoms with E-state index in [4.69, 9.17) is 0 Å². The molecule has 1 N–H and O–H groups in total. The average Bonchev–Trinajstić information content (AvgIpc) is 2.83. The highest BCUT2D eigenvalue weighted by atomic mass is 16.2. The second kappa shape index (κ2) is 3.19. The molecule has 2 amide bonds. The summed E-state index contributed by atoms with van der Waals surface area (Å²) < 4.78 is 1.71. The zero-order chi connectivity index (χ0) is 11.1. The van der Waals surface area contributed by atoms with Crippen molar-refractivity contribution in [3.8, 4) is 0 Å². The molecular formula is C10H10N4O2. The first-order valence-corrected chi connectivity index (χ1v) is 5.14. The Morgan fingerprint density at radius 2 is 2.00 bits per heavy atom. The van der Waals surface area contributed by atoms with E-state index in [0.29, 0.717) is 5.82 Å². The molecule has 0 saturated heterocycles. The first-order chi connectivity index (χ1) is 7.77. The first-order valence-electron chi connectivity index (χ1n) is 5.14. The third-order valence-electron chi connectivity index (χ3n) is 2.70. The lowest BCUT2D eigenvalue weighted by Crippen LogP contribution is -2.35. The molecule has 0 saturated carbocycles. The van der Waals surface area contributed by atoms with E-state index in [1.54, 1.807) is 10.9 Å². The quantitative estimate of drug-likeness (QED) is 0.663. The van der Waals surface area contributed by atoms with Crippen molar-refractivity contribution in [2.45, 2.75) is 12.8 Å². The number of nitrogens with one attached hydrogen (secondary N) is 1. The molecular weight excluding hydrogens is 208 g/mol. The summed E-state index contributed by atoms with van der Waals surface area (Å²) >= 11 is 0. The monoisotopic (exact) mass is 218 g/mol. The van der Waals surface area contributed by atoms with Crippen LogP contribution in [0.1, 0.15) is 12.2 Å². The molecule has 0 aromatic carbocycles. The summed E-state index contributed by atoms with van der Waals surface area (Å²) in [5, 5.41) is 0. The number of rotatable bonds is 1. The molecule has 1 aromatic rings. The van der Waals surface area contributed by atoms with Gasteiger partial charge in [-0.3, -0.25) is 9.59 Å². The summed E-state index contributed by atoms with van der Waals surface area (Å²) in [6.45, 7) is 0.819. The van der Waals surface area contributed by atoms with Gasteiger partial charge in [-0.1, -0.05) is 0 Å². The number of aromatic nitrogens is 2. The van der Waals surface area contributed by atoms with Gasteiger partial charge >= 0.3 is 0 Å². The van der Waals surface area contributed by atoms with Gasteiger partial charge in [0.25, 0.3) is 11.8 Å². The summed E-state index contributed by atoms with van der Waals surface area (Å²) in [6, 6.07) is 0. The number of carbonyl (C=O) groups is 2. The molecule has 0 atom stereocenters. The van der Waals surface area contributed by atoms with E-state index in [9.17, 15) is 9.59 Å². The number of carbonyl (C=O) groups excluding carboxylic acids is 2. The van der Waals surface area contributed by atoms with Crippen molar-refractivity contribution >= 4 is 17.6 Å². The van der Waals surface area contributed by atoms with Crippen molar-refractivity contribution in [1.29, 1.82) is 0 Å². The van der Waals surface area contributed by atoms with E-state index in [1.807, 2.05) is 0 Å². The number of hydrogen-bond acceptors (Lipinski definition) is 4. The van der Waals surface area contributed by atoms with Gasteiger partial charge in [0, 0.05) is 25.1 Å². The first kappa shape index (κ1) is 9.14. The van der Waals surface area contributed by atoms with Gasteiger partial charge in [0.2, 0.25) is 0 Å². The van der Waals surface area contributed by atoms with Gasteiger partial charge in [0.15, 0.2) is 5.82 Å². The van der Waals surface area contributed by atoms with E-state index in [0.717, 1.165) is 30.1 Å². The van der Waals surface area contributed by atoms with Crippen molar-refractivity contribution in [2.24, 2.45) is 0 Å². The topological polar surface area (TPSA) is 67.2 Å². The minimum absolute atomic E-state index is 0.319. The van der Waals surface area contributed by atoms with Crippen LogP contribution >= 0.6 is 0 Å². The van der Waals surface area contributed by atoms with E-state index in [1.165, 1.54) is 12.2 Å². The lowest BCUT2D eigenvalue weighted by atomic mass is 10.3. The van der Waals surface area contributed by atoms with Crippen LogP contribution in [0.15, 0.2) is 18.3 Å². The van der Waals surface area contributed by atoms with Crippen LogP contribution in [0.4, 0.5) is 5.82 Å². The Labute approximate surface area is 91.5 Å². The number of hydrogen-bond donors (Lipinski definition) is 1. The normalized spacial score (nSPS) is 18.9. The molecule has 6 heteroatoms. The fraction of sp³-hybridized carbons (Fsp3) is 0.300. The Morgan fingerprint density at radius 1 is 1.25 bits per heavy atom. The van der Waals surface area contributed by atoms with Gasteiger partial charge < -0.3 is 5.43 Å². The van der Waals surface area contributed by atoms with Gasteiger partial charge in [0.05, 0.1) is 6.20 Å². The molecule has 1 aromatic heterocycles. The Balaban J connectivity index is 2.04. The minimum atomic E-state index is -0.319. The zero-order valence-electron chi connectivity index (χ0n) is 8.51. The maximum absolute atomic E-state index is 11.5. The van der Waals surface area contributed by atoms with Crippen LogP contribution in [0.3, 0.4) is 0 Å². The SMILES string of the molecule is O=C1C=CC(=O)N1c1cnc2n1NCCC2. The third-order valence-corrected chi connectivity index (χ3v) is 2.70. The molecule has 0 fully saturated rings. The number of imide groups is 1. The fourth-order valence-corrected chi connectivity index (χ4v) is 1.95. The van der Waals surface area contributed by atoms with Crippen LogP contribution in [0.2, 0.25) is 0 Å². The zero-order valence-corrected chi connectivity index (χ0v) is 8.51. The molecule has 0 aliphatic carbocycles. The molecule has 6 nitrogen and oxygen atoms in total. The second-order valence-corrected chi connectivity index (χ2v) is 3.72. The third kappa shape index (κ3) is 1.16. The molecule has 2 aliphatic heterocycles. The molecule has 82 valence electrons. The Bertz CT molecular complexity index is 485. The highest BCUT2D eigenvalue weighted by Gasteiger charge is 2.29. The standard InChI is InChI=1S/C10H10N4O2/c15-9-3-4-10(16)13(9)8-6-11-7-2-1-5-12-14(7)8/h3-4,6,12H,1-2,5H2. The maximum Gasteiger partial charge on any atom is 0.259 e. The molecule has 0 bridgehead atoms. The number of amides is 2. The molecule has 3 heterocycles. The van der Waals surface area contributed by atoms with Crippen molar-refractivity contribution < 1.29 is 9.59 Å². The summed E-state index contributed by atoms with van der Waals surface area (Å²) in [4.78, 5) is 28.4. The van der Waals surface area contributed by atoms with E-state index >= 15 is 0 Å². The fourth-order valence-electron chi connectivity index (χ4n) is 1.95. The van der Waals surface area contributed by atoms with Crippen LogP contribution in [0.25, 0.3) is 0 Å². The van der Waals surface area contributed by atoms with Crippen molar-refractivity contribution in [3.63, 3.8) is 0 Å². The predicted molar refractivity (Wildman–Crippen MR) is 56.4 cm³/mol. The number of nitrogens with zero attached hydrogens (tertiary/aromatic N) is 3. The lowest BCUT2D eigenvalue weighted by molar-refractivity contribution is -0.120. The molecule has 16 heavy (non-hydrogen) atoms. The Hall–Kier alpha value is -2.11. The van der Waals surface area contributed by atoms with Crippen LogP contribution < -0.4 is 10.3 Å². The van der Waals surface area contributed by atoms with Gasteiger partial charge in [-0.05, 0) is 6.42 Å². The van der Waals surface area contributed by atoms with Gasteiger partial charge in [-0.25, -0.2) is 14.6 Å². The number of anilines is 1. The van der Waals surface area contributed by atoms with Crippen LogP contribution in [-0.4, -0.2) is 28.0 Å². The Kier molecular flexibility index (Phi) is 1.82. The highest BCUT2D eigenvalue weighted by Crippen LogP contribution is 2.21. The van der Waals surface area contributed by atoms with Gasteiger partial charge in [0.1, 0.15) is 5.82 Å². The summed E-state index contributed by atoms with van der Waals surface area (Å²) in [5.41, 5.74) is 3.11. The Morgan fingerprint density at radius 3 is 2.75 bits per heavy atom. The summed E-state index contributed by atoms with van der Waals surface area (Å²) in [7, 11) is 0. The van der Waals surface area contributed by atoms with E-state index in [-0.39, 0.29) is 11.8 Å². The van der Waals surface area contributed by atoms with Crippen molar-refractivity contribution in [2.75, 3.05) is 16.9 Å². The van der Waals surface area contributed by atoms with Crippen molar-refractivity contribution in [1.82, 2.24) is 9.66 Å². The largest absolute Gasteiger partial charge is 0.323 e. The molecule has 2 aliphatic rings. The lowest BCUT2D eigenvalue weighted by Gasteiger charge is -2.21. The molecule has 0 unspecified atom stereocenters. The predicted octanol–water partition coefficient (Wildman–Crippen LogP) is -0.198. The van der Waals surface area contributed by atoms with Gasteiger partial charge in [-0.15, -0.1) is 0 Å². The highest BCUT2D eigenvalue weighted by molar-refractivity contribution is 6.27. The van der Waals surface area contributed by atoms with Crippen LogP contribution in [0, 0.1) is 0 Å². The number of imidazole rings is 1. The second-order valence-electron chi connectivity index (χ2n) is 3.72. The van der Waals surface area contributed by atoms with E-state index < -0.39 is 0 Å². The maximum atomic E-state index is 11.5.